The van der Waals surface area contributed by atoms with Gasteiger partial charge >= 0.3 is 0 Å². The van der Waals surface area contributed by atoms with Crippen LogP contribution in [0, 0.1) is 11.8 Å². The van der Waals surface area contributed by atoms with Crippen molar-refractivity contribution < 1.29 is 0 Å². The normalized spacial score (nSPS) is 24.0. The molecule has 1 saturated carbocycles. The van der Waals surface area contributed by atoms with Crippen LogP contribution < -0.4 is 5.32 Å². The van der Waals surface area contributed by atoms with Crippen molar-refractivity contribution in [2.24, 2.45) is 18.9 Å². The zero-order valence-electron chi connectivity index (χ0n) is 12.7. The average molecular weight is 263 g/mol. The lowest BCUT2D eigenvalue weighted by molar-refractivity contribution is 0.213. The lowest BCUT2D eigenvalue weighted by atomic mass is 9.76. The van der Waals surface area contributed by atoms with Gasteiger partial charge in [-0.1, -0.05) is 33.1 Å². The van der Waals surface area contributed by atoms with E-state index < -0.39 is 0 Å². The molecule has 1 aliphatic rings. The highest BCUT2D eigenvalue weighted by Crippen LogP contribution is 2.32. The molecule has 1 fully saturated rings. The molecule has 3 nitrogen and oxygen atoms in total. The first-order chi connectivity index (χ1) is 9.16. The Morgan fingerprint density at radius 2 is 2.05 bits per heavy atom. The average Bonchev–Trinajstić information content (AvgIpc) is 2.80. The first-order valence-electron chi connectivity index (χ1n) is 7.87. The van der Waals surface area contributed by atoms with Gasteiger partial charge in [-0.15, -0.1) is 0 Å². The van der Waals surface area contributed by atoms with Gasteiger partial charge in [0, 0.05) is 25.0 Å². The zero-order valence-corrected chi connectivity index (χ0v) is 12.7. The van der Waals surface area contributed by atoms with E-state index in [1.54, 1.807) is 0 Å². The van der Waals surface area contributed by atoms with Gasteiger partial charge in [0.1, 0.15) is 0 Å². The summed E-state index contributed by atoms with van der Waals surface area (Å²) in [5.41, 5.74) is 1.38. The molecule has 3 heteroatoms. The molecule has 0 bridgehead atoms. The Kier molecular flexibility index (Phi) is 5.44. The summed E-state index contributed by atoms with van der Waals surface area (Å²) in [4.78, 5) is 0. The van der Waals surface area contributed by atoms with Gasteiger partial charge < -0.3 is 5.32 Å². The largest absolute Gasteiger partial charge is 0.314 e. The molecular formula is C16H29N3. The van der Waals surface area contributed by atoms with Crippen LogP contribution in [0.15, 0.2) is 12.3 Å². The molecule has 19 heavy (non-hydrogen) atoms. The van der Waals surface area contributed by atoms with Crippen LogP contribution in [0.4, 0.5) is 0 Å². The molecule has 0 spiro atoms. The summed E-state index contributed by atoms with van der Waals surface area (Å²) in [5, 5.41) is 7.90. The number of aromatic nitrogens is 2. The highest BCUT2D eigenvalue weighted by atomic mass is 15.2. The Bertz CT molecular complexity index is 370. The minimum absolute atomic E-state index is 0.611. The molecule has 1 aliphatic carbocycles. The third-order valence-corrected chi connectivity index (χ3v) is 4.55. The molecular weight excluding hydrogens is 234 g/mol. The number of hydrogen-bond acceptors (Lipinski definition) is 2. The van der Waals surface area contributed by atoms with E-state index in [1.165, 1.54) is 50.8 Å². The van der Waals surface area contributed by atoms with Crippen molar-refractivity contribution in [3.8, 4) is 0 Å². The topological polar surface area (TPSA) is 29.9 Å². The zero-order chi connectivity index (χ0) is 13.7. The summed E-state index contributed by atoms with van der Waals surface area (Å²) >= 11 is 0. The fourth-order valence-corrected chi connectivity index (χ4v) is 3.30. The van der Waals surface area contributed by atoms with Gasteiger partial charge in [-0.05, 0) is 43.7 Å². The molecule has 1 N–H and O–H groups in total. The second-order valence-electron chi connectivity index (χ2n) is 6.35. The predicted molar refractivity (Wildman–Crippen MR) is 80.1 cm³/mol. The van der Waals surface area contributed by atoms with Gasteiger partial charge in [0.05, 0.1) is 0 Å². The van der Waals surface area contributed by atoms with Crippen LogP contribution in [-0.2, 0) is 13.5 Å². The summed E-state index contributed by atoms with van der Waals surface area (Å²) < 4.78 is 2.02. The first kappa shape index (κ1) is 14.6. The standard InChI is InChI=1S/C16H29N3/c1-13(2)17-12-15-7-5-4-6-14(15)8-9-16-10-11-18-19(16)3/h10-11,13-15,17H,4-9,12H2,1-3H3. The van der Waals surface area contributed by atoms with Crippen molar-refractivity contribution in [3.05, 3.63) is 18.0 Å². The van der Waals surface area contributed by atoms with E-state index in [2.05, 4.69) is 30.3 Å². The van der Waals surface area contributed by atoms with Gasteiger partial charge in [-0.25, -0.2) is 0 Å². The molecule has 0 amide bonds. The lowest BCUT2D eigenvalue weighted by Gasteiger charge is -2.32. The number of nitrogens with zero attached hydrogens (tertiary/aromatic N) is 2. The van der Waals surface area contributed by atoms with E-state index >= 15 is 0 Å². The molecule has 108 valence electrons. The molecule has 0 aliphatic heterocycles. The second kappa shape index (κ2) is 7.09. The van der Waals surface area contributed by atoms with Crippen LogP contribution >= 0.6 is 0 Å². The van der Waals surface area contributed by atoms with Crippen molar-refractivity contribution in [3.63, 3.8) is 0 Å². The maximum atomic E-state index is 4.26. The minimum atomic E-state index is 0.611. The van der Waals surface area contributed by atoms with E-state index in [4.69, 9.17) is 0 Å². The summed E-state index contributed by atoms with van der Waals surface area (Å²) in [6.45, 7) is 5.69. The summed E-state index contributed by atoms with van der Waals surface area (Å²) in [7, 11) is 2.05. The SMILES string of the molecule is CC(C)NCC1CCCCC1CCc1ccnn1C. The van der Waals surface area contributed by atoms with Gasteiger partial charge in [0.2, 0.25) is 0 Å². The molecule has 2 atom stereocenters. The van der Waals surface area contributed by atoms with Crippen molar-refractivity contribution in [2.45, 2.75) is 58.4 Å². The molecule has 0 radical (unpaired) electrons. The molecule has 2 unspecified atom stereocenters. The van der Waals surface area contributed by atoms with Crippen LogP contribution in [0.2, 0.25) is 0 Å². The minimum Gasteiger partial charge on any atom is -0.314 e. The Morgan fingerprint density at radius 1 is 1.32 bits per heavy atom. The third-order valence-electron chi connectivity index (χ3n) is 4.55. The van der Waals surface area contributed by atoms with Gasteiger partial charge in [-0.3, -0.25) is 4.68 Å². The van der Waals surface area contributed by atoms with Crippen molar-refractivity contribution >= 4 is 0 Å². The highest BCUT2D eigenvalue weighted by Gasteiger charge is 2.24. The van der Waals surface area contributed by atoms with E-state index in [-0.39, 0.29) is 0 Å². The Morgan fingerprint density at radius 3 is 2.68 bits per heavy atom. The van der Waals surface area contributed by atoms with E-state index in [0.29, 0.717) is 6.04 Å². The van der Waals surface area contributed by atoms with Crippen molar-refractivity contribution in [2.75, 3.05) is 6.54 Å². The van der Waals surface area contributed by atoms with Crippen LogP contribution in [0.1, 0.15) is 51.6 Å². The Labute approximate surface area is 117 Å². The lowest BCUT2D eigenvalue weighted by Crippen LogP contribution is -2.34. The van der Waals surface area contributed by atoms with Gasteiger partial charge in [0.15, 0.2) is 0 Å². The third kappa shape index (κ3) is 4.34. The van der Waals surface area contributed by atoms with Gasteiger partial charge in [0.25, 0.3) is 0 Å². The maximum Gasteiger partial charge on any atom is 0.0492 e. The molecule has 2 rings (SSSR count). The van der Waals surface area contributed by atoms with Gasteiger partial charge in [-0.2, -0.15) is 5.10 Å². The monoisotopic (exact) mass is 263 g/mol. The molecule has 1 heterocycles. The van der Waals surface area contributed by atoms with Crippen molar-refractivity contribution in [1.29, 1.82) is 0 Å². The molecule has 0 saturated heterocycles. The van der Waals surface area contributed by atoms with Crippen LogP contribution in [0.3, 0.4) is 0 Å². The summed E-state index contributed by atoms with van der Waals surface area (Å²) in [6, 6.07) is 2.77. The predicted octanol–water partition coefficient (Wildman–Crippen LogP) is 3.16. The fourth-order valence-electron chi connectivity index (χ4n) is 3.30. The second-order valence-corrected chi connectivity index (χ2v) is 6.35. The van der Waals surface area contributed by atoms with Crippen LogP contribution in [-0.4, -0.2) is 22.4 Å². The molecule has 0 aromatic carbocycles. The number of aryl methyl sites for hydroxylation is 2. The van der Waals surface area contributed by atoms with Crippen molar-refractivity contribution in [1.82, 2.24) is 15.1 Å². The molecule has 1 aromatic heterocycles. The Hall–Kier alpha value is -0.830. The van der Waals surface area contributed by atoms with Crippen LogP contribution in [0.25, 0.3) is 0 Å². The highest BCUT2D eigenvalue weighted by molar-refractivity contribution is 5.00. The Balaban J connectivity index is 1.83. The van der Waals surface area contributed by atoms with Crippen LogP contribution in [0.5, 0.6) is 0 Å². The summed E-state index contributed by atoms with van der Waals surface area (Å²) in [6.07, 6.45) is 10.1. The summed E-state index contributed by atoms with van der Waals surface area (Å²) in [5.74, 6) is 1.78. The number of rotatable bonds is 6. The van der Waals surface area contributed by atoms with E-state index in [1.807, 2.05) is 17.9 Å². The molecule has 1 aromatic rings. The number of hydrogen-bond donors (Lipinski definition) is 1. The maximum absolute atomic E-state index is 4.26. The fraction of sp³-hybridized carbons (Fsp3) is 0.812. The van der Waals surface area contributed by atoms with E-state index in [9.17, 15) is 0 Å². The van der Waals surface area contributed by atoms with E-state index in [0.717, 1.165) is 11.8 Å². The number of nitrogens with one attached hydrogen (secondary N) is 1. The smallest absolute Gasteiger partial charge is 0.0492 e. The quantitative estimate of drug-likeness (QED) is 0.854. The first-order valence-corrected chi connectivity index (χ1v) is 7.87.